The minimum atomic E-state index is -1.14. The quantitative estimate of drug-likeness (QED) is 0.872. The molecule has 0 unspecified atom stereocenters. The molecule has 1 aromatic carbocycles. The highest BCUT2D eigenvalue weighted by atomic mass is 32.2. The highest BCUT2D eigenvalue weighted by Gasteiger charge is 2.45. The van der Waals surface area contributed by atoms with E-state index in [1.807, 2.05) is 24.3 Å². The molecule has 1 amide bonds. The van der Waals surface area contributed by atoms with Crippen molar-refractivity contribution in [3.05, 3.63) is 29.8 Å². The van der Waals surface area contributed by atoms with Crippen LogP contribution in [0.5, 0.6) is 5.75 Å². The van der Waals surface area contributed by atoms with Crippen LogP contribution in [-0.4, -0.2) is 40.1 Å². The Morgan fingerprint density at radius 2 is 2.20 bits per heavy atom. The predicted octanol–water partition coefficient (Wildman–Crippen LogP) is 1.07. The van der Waals surface area contributed by atoms with Gasteiger partial charge in [0.05, 0.1) is 0 Å². The largest absolute Gasteiger partial charge is 0.480 e. The number of thioether (sulfide) groups is 1. The van der Waals surface area contributed by atoms with Crippen LogP contribution >= 0.6 is 11.8 Å². The number of carboxylic acids is 1. The van der Waals surface area contributed by atoms with Gasteiger partial charge in [-0.05, 0) is 23.8 Å². The third kappa shape index (κ3) is 2.24. The molecular weight excluding hydrogens is 278 g/mol. The lowest BCUT2D eigenvalue weighted by Crippen LogP contribution is -2.57. The molecule has 2 heterocycles. The molecule has 5 nitrogen and oxygen atoms in total. The van der Waals surface area contributed by atoms with Crippen molar-refractivity contribution in [2.45, 2.75) is 24.5 Å². The molecule has 1 saturated heterocycles. The second-order valence-corrected chi connectivity index (χ2v) is 6.20. The van der Waals surface area contributed by atoms with E-state index in [-0.39, 0.29) is 5.91 Å². The molecule has 0 spiro atoms. The Kier molecular flexibility index (Phi) is 3.33. The van der Waals surface area contributed by atoms with Crippen molar-refractivity contribution in [1.29, 1.82) is 0 Å². The van der Waals surface area contributed by atoms with E-state index in [2.05, 4.69) is 5.32 Å². The molecule has 0 bridgehead atoms. The number of benzene rings is 1. The fourth-order valence-corrected chi connectivity index (χ4v) is 3.86. The average Bonchev–Trinajstić information content (AvgIpc) is 3.05. The molecule has 6 heteroatoms. The summed E-state index contributed by atoms with van der Waals surface area (Å²) < 4.78 is 5.59. The second kappa shape index (κ2) is 5.01. The average molecular weight is 293 g/mol. The summed E-state index contributed by atoms with van der Waals surface area (Å²) in [7, 11) is 0. The van der Waals surface area contributed by atoms with Gasteiger partial charge in [0.25, 0.3) is 5.91 Å². The maximum Gasteiger partial charge on any atom is 0.330 e. The Morgan fingerprint density at radius 1 is 1.40 bits per heavy atom. The topological polar surface area (TPSA) is 75.6 Å². The van der Waals surface area contributed by atoms with Gasteiger partial charge in [-0.25, -0.2) is 4.79 Å². The van der Waals surface area contributed by atoms with Gasteiger partial charge in [0.1, 0.15) is 11.3 Å². The smallest absolute Gasteiger partial charge is 0.330 e. The van der Waals surface area contributed by atoms with Crippen molar-refractivity contribution in [2.75, 3.05) is 11.5 Å². The van der Waals surface area contributed by atoms with Gasteiger partial charge in [-0.3, -0.25) is 4.79 Å². The number of fused-ring (bicyclic) bond motifs is 1. The normalized spacial score (nSPS) is 27.7. The van der Waals surface area contributed by atoms with Crippen LogP contribution in [0.4, 0.5) is 0 Å². The van der Waals surface area contributed by atoms with Crippen LogP contribution in [0.25, 0.3) is 0 Å². The highest BCUT2D eigenvalue weighted by molar-refractivity contribution is 7.99. The van der Waals surface area contributed by atoms with Crippen molar-refractivity contribution in [3.8, 4) is 5.75 Å². The number of nitrogens with one attached hydrogen (secondary N) is 1. The van der Waals surface area contributed by atoms with E-state index < -0.39 is 17.6 Å². The Bertz CT molecular complexity index is 529. The van der Waals surface area contributed by atoms with Crippen LogP contribution in [0.2, 0.25) is 0 Å². The maximum absolute atomic E-state index is 12.3. The lowest BCUT2D eigenvalue weighted by atomic mass is 9.98. The van der Waals surface area contributed by atoms with Crippen LogP contribution in [0.3, 0.4) is 0 Å². The van der Waals surface area contributed by atoms with Gasteiger partial charge >= 0.3 is 5.97 Å². The standard InChI is InChI=1S/C14H15NO4S/c16-12(15-14(13(17)18)5-6-20-8-14)11-7-9-3-1-2-4-10(9)19-11/h1-4,11H,5-8H2,(H,15,16)(H,17,18)/t11-,14+/m1/s1. The number of carbonyl (C=O) groups excluding carboxylic acids is 1. The van der Waals surface area contributed by atoms with Crippen LogP contribution < -0.4 is 10.1 Å². The number of ether oxygens (including phenoxy) is 1. The van der Waals surface area contributed by atoms with Crippen molar-refractivity contribution in [2.24, 2.45) is 0 Å². The number of aliphatic carboxylic acids is 1. The fourth-order valence-electron chi connectivity index (χ4n) is 2.53. The summed E-state index contributed by atoms with van der Waals surface area (Å²) in [5, 5.41) is 12.0. The molecule has 0 aromatic heterocycles. The van der Waals surface area contributed by atoms with E-state index in [0.29, 0.717) is 24.3 Å². The fraction of sp³-hybridized carbons (Fsp3) is 0.429. The van der Waals surface area contributed by atoms with E-state index in [1.165, 1.54) is 0 Å². The van der Waals surface area contributed by atoms with E-state index in [1.54, 1.807) is 11.8 Å². The monoisotopic (exact) mass is 293 g/mol. The molecule has 0 saturated carbocycles. The van der Waals surface area contributed by atoms with Crippen LogP contribution in [0.15, 0.2) is 24.3 Å². The van der Waals surface area contributed by atoms with Gasteiger partial charge < -0.3 is 15.2 Å². The van der Waals surface area contributed by atoms with Crippen molar-refractivity contribution < 1.29 is 19.4 Å². The number of hydrogen-bond acceptors (Lipinski definition) is 4. The highest BCUT2D eigenvalue weighted by Crippen LogP contribution is 2.31. The molecule has 20 heavy (non-hydrogen) atoms. The lowest BCUT2D eigenvalue weighted by Gasteiger charge is -2.26. The third-order valence-electron chi connectivity index (χ3n) is 3.73. The molecule has 2 aliphatic heterocycles. The molecule has 2 N–H and O–H groups in total. The van der Waals surface area contributed by atoms with E-state index in [0.717, 1.165) is 11.3 Å². The zero-order valence-electron chi connectivity index (χ0n) is 10.8. The SMILES string of the molecule is O=C(N[C@@]1(C(=O)O)CCSC1)[C@H]1Cc2ccccc2O1. The molecule has 2 atom stereocenters. The Labute approximate surface area is 120 Å². The molecule has 0 aliphatic carbocycles. The number of amides is 1. The van der Waals surface area contributed by atoms with Gasteiger partial charge in [-0.2, -0.15) is 11.8 Å². The van der Waals surface area contributed by atoms with Crippen LogP contribution in [0, 0.1) is 0 Å². The van der Waals surface area contributed by atoms with Crippen molar-refractivity contribution >= 4 is 23.6 Å². The first-order valence-electron chi connectivity index (χ1n) is 6.48. The minimum Gasteiger partial charge on any atom is -0.480 e. The van der Waals surface area contributed by atoms with E-state index in [4.69, 9.17) is 4.74 Å². The molecule has 0 radical (unpaired) electrons. The molecule has 1 aromatic rings. The summed E-state index contributed by atoms with van der Waals surface area (Å²) in [6, 6.07) is 7.49. The first-order valence-corrected chi connectivity index (χ1v) is 7.64. The first-order chi connectivity index (χ1) is 9.61. The summed E-state index contributed by atoms with van der Waals surface area (Å²) in [4.78, 5) is 23.7. The number of carboxylic acid groups (broad SMARTS) is 1. The number of para-hydroxylation sites is 1. The van der Waals surface area contributed by atoms with Crippen molar-refractivity contribution in [1.82, 2.24) is 5.32 Å². The van der Waals surface area contributed by atoms with Gasteiger partial charge in [0, 0.05) is 12.2 Å². The molecule has 106 valence electrons. The number of carbonyl (C=O) groups is 2. The van der Waals surface area contributed by atoms with E-state index in [9.17, 15) is 14.7 Å². The summed E-state index contributed by atoms with van der Waals surface area (Å²) >= 11 is 1.54. The summed E-state index contributed by atoms with van der Waals surface area (Å²) in [6.07, 6.45) is 0.317. The molecule has 2 aliphatic rings. The summed E-state index contributed by atoms with van der Waals surface area (Å²) in [5.74, 6) is 0.557. The summed E-state index contributed by atoms with van der Waals surface area (Å²) in [6.45, 7) is 0. The summed E-state index contributed by atoms with van der Waals surface area (Å²) in [5.41, 5.74) is -0.155. The van der Waals surface area contributed by atoms with Gasteiger partial charge in [-0.1, -0.05) is 18.2 Å². The zero-order valence-corrected chi connectivity index (χ0v) is 11.6. The number of hydrogen-bond donors (Lipinski definition) is 2. The molecule has 1 fully saturated rings. The maximum atomic E-state index is 12.3. The Balaban J connectivity index is 1.71. The zero-order chi connectivity index (χ0) is 14.2. The third-order valence-corrected chi connectivity index (χ3v) is 4.92. The van der Waals surface area contributed by atoms with E-state index >= 15 is 0 Å². The first kappa shape index (κ1) is 13.3. The van der Waals surface area contributed by atoms with Gasteiger partial charge in [0.15, 0.2) is 6.10 Å². The van der Waals surface area contributed by atoms with Crippen LogP contribution in [-0.2, 0) is 16.0 Å². The minimum absolute atomic E-state index is 0.342. The Hall–Kier alpha value is -1.69. The van der Waals surface area contributed by atoms with Gasteiger partial charge in [-0.15, -0.1) is 0 Å². The van der Waals surface area contributed by atoms with Crippen molar-refractivity contribution in [3.63, 3.8) is 0 Å². The van der Waals surface area contributed by atoms with Gasteiger partial charge in [0.2, 0.25) is 0 Å². The lowest BCUT2D eigenvalue weighted by molar-refractivity contribution is -0.147. The van der Waals surface area contributed by atoms with Crippen LogP contribution in [0.1, 0.15) is 12.0 Å². The Morgan fingerprint density at radius 3 is 2.85 bits per heavy atom. The molecular formula is C14H15NO4S. The predicted molar refractivity (Wildman–Crippen MR) is 75.0 cm³/mol. The number of rotatable bonds is 3. The molecule has 3 rings (SSSR count). The second-order valence-electron chi connectivity index (χ2n) is 5.10.